The van der Waals surface area contributed by atoms with Crippen molar-refractivity contribution in [1.82, 2.24) is 9.88 Å². The molecule has 21 heavy (non-hydrogen) atoms. The summed E-state index contributed by atoms with van der Waals surface area (Å²) in [6, 6.07) is 5.16. The number of fused-ring (bicyclic) bond motifs is 1. The smallest absolute Gasteiger partial charge is 0.323 e. The molecular formula is C15H19N3O3. The number of amides is 2. The van der Waals surface area contributed by atoms with E-state index in [2.05, 4.69) is 10.3 Å². The minimum Gasteiger partial charge on any atom is -0.481 e. The molecule has 0 aromatic carbocycles. The Bertz CT molecular complexity index is 589. The van der Waals surface area contributed by atoms with Crippen molar-refractivity contribution < 1.29 is 14.7 Å². The second-order valence-corrected chi connectivity index (χ2v) is 6.03. The van der Waals surface area contributed by atoms with Crippen LogP contribution in [0.5, 0.6) is 0 Å². The van der Waals surface area contributed by atoms with E-state index in [1.807, 2.05) is 19.1 Å². The number of aryl methyl sites for hydroxylation is 1. The summed E-state index contributed by atoms with van der Waals surface area (Å²) in [5.41, 5.74) is 0.0882. The molecule has 112 valence electrons. The Morgan fingerprint density at radius 2 is 2.29 bits per heavy atom. The second kappa shape index (κ2) is 5.02. The normalized spacial score (nSPS) is 27.5. The molecule has 2 heterocycles. The van der Waals surface area contributed by atoms with Crippen LogP contribution in [0, 0.1) is 18.3 Å². The summed E-state index contributed by atoms with van der Waals surface area (Å²) in [4.78, 5) is 29.8. The Labute approximate surface area is 123 Å². The number of carbonyl (C=O) groups is 2. The molecule has 0 bridgehead atoms. The number of anilines is 1. The van der Waals surface area contributed by atoms with Gasteiger partial charge < -0.3 is 10.0 Å². The minimum atomic E-state index is -0.769. The van der Waals surface area contributed by atoms with Crippen molar-refractivity contribution in [3.05, 3.63) is 23.9 Å². The molecule has 3 rings (SSSR count). The molecule has 2 atom stereocenters. The molecule has 1 aliphatic carbocycles. The summed E-state index contributed by atoms with van der Waals surface area (Å²) < 4.78 is 0. The quantitative estimate of drug-likeness (QED) is 0.873. The highest BCUT2D eigenvalue weighted by Crippen LogP contribution is 2.48. The molecule has 0 radical (unpaired) electrons. The van der Waals surface area contributed by atoms with E-state index in [9.17, 15) is 14.7 Å². The molecule has 0 spiro atoms. The molecule has 6 heteroatoms. The van der Waals surface area contributed by atoms with Crippen LogP contribution >= 0.6 is 0 Å². The number of carboxylic acids is 1. The van der Waals surface area contributed by atoms with Gasteiger partial charge in [-0.15, -0.1) is 0 Å². The third-order valence-electron chi connectivity index (χ3n) is 4.71. The number of rotatable bonds is 2. The lowest BCUT2D eigenvalue weighted by Crippen LogP contribution is -2.38. The maximum atomic E-state index is 12.3. The second-order valence-electron chi connectivity index (χ2n) is 6.03. The number of nitrogens with zero attached hydrogens (tertiary/aromatic N) is 2. The standard InChI is InChI=1S/C15H19N3O3/c1-10-4-2-6-12(16-10)17-14(21)18-8-11-5-3-7-15(11,9-18)13(19)20/h2,4,6,11H,3,5,7-9H2,1H3,(H,19,20)(H,16,17,21)/t11-,15+/m0/s1. The van der Waals surface area contributed by atoms with Gasteiger partial charge in [-0.05, 0) is 37.8 Å². The molecule has 1 aromatic rings. The maximum Gasteiger partial charge on any atom is 0.323 e. The minimum absolute atomic E-state index is 0.0752. The highest BCUT2D eigenvalue weighted by atomic mass is 16.4. The van der Waals surface area contributed by atoms with Crippen LogP contribution in [0.4, 0.5) is 10.6 Å². The first-order valence-corrected chi connectivity index (χ1v) is 7.24. The summed E-state index contributed by atoms with van der Waals surface area (Å²) in [6.07, 6.45) is 2.49. The molecule has 2 aliphatic rings. The van der Waals surface area contributed by atoms with Crippen LogP contribution in [0.3, 0.4) is 0 Å². The van der Waals surface area contributed by atoms with E-state index in [0.29, 0.717) is 25.3 Å². The monoisotopic (exact) mass is 289 g/mol. The van der Waals surface area contributed by atoms with Crippen molar-refractivity contribution >= 4 is 17.8 Å². The lowest BCUT2D eigenvalue weighted by molar-refractivity contribution is -0.149. The van der Waals surface area contributed by atoms with Gasteiger partial charge in [0.2, 0.25) is 0 Å². The van der Waals surface area contributed by atoms with Crippen molar-refractivity contribution in [2.45, 2.75) is 26.2 Å². The predicted molar refractivity (Wildman–Crippen MR) is 77.0 cm³/mol. The van der Waals surface area contributed by atoms with Gasteiger partial charge >= 0.3 is 12.0 Å². The van der Waals surface area contributed by atoms with E-state index < -0.39 is 11.4 Å². The SMILES string of the molecule is Cc1cccc(NC(=O)N2C[C@@H]3CCC[C@@]3(C(=O)O)C2)n1. The number of likely N-dealkylation sites (tertiary alicyclic amines) is 1. The molecule has 0 unspecified atom stereocenters. The van der Waals surface area contributed by atoms with Crippen LogP contribution in [0.1, 0.15) is 25.0 Å². The Morgan fingerprint density at radius 1 is 1.48 bits per heavy atom. The van der Waals surface area contributed by atoms with Crippen LogP contribution in [0.15, 0.2) is 18.2 Å². The fourth-order valence-corrected chi connectivity index (χ4v) is 3.59. The number of urea groups is 1. The first-order chi connectivity index (χ1) is 10.0. The van der Waals surface area contributed by atoms with Crippen molar-refractivity contribution in [1.29, 1.82) is 0 Å². The topological polar surface area (TPSA) is 82.5 Å². The molecule has 1 aromatic heterocycles. The average molecular weight is 289 g/mol. The molecule has 1 aliphatic heterocycles. The van der Waals surface area contributed by atoms with E-state index in [1.54, 1.807) is 11.0 Å². The number of aliphatic carboxylic acids is 1. The van der Waals surface area contributed by atoms with Crippen molar-refractivity contribution in [2.24, 2.45) is 11.3 Å². The Hall–Kier alpha value is -2.11. The van der Waals surface area contributed by atoms with Gasteiger partial charge in [-0.25, -0.2) is 9.78 Å². The number of hydrogen-bond acceptors (Lipinski definition) is 3. The van der Waals surface area contributed by atoms with E-state index in [4.69, 9.17) is 0 Å². The van der Waals surface area contributed by atoms with Crippen LogP contribution in [0.25, 0.3) is 0 Å². The first kappa shape index (κ1) is 13.9. The van der Waals surface area contributed by atoms with Gasteiger partial charge in [-0.1, -0.05) is 12.5 Å². The molecule has 2 amide bonds. The van der Waals surface area contributed by atoms with Crippen LogP contribution < -0.4 is 5.32 Å². The zero-order valence-electron chi connectivity index (χ0n) is 12.0. The Morgan fingerprint density at radius 3 is 2.95 bits per heavy atom. The highest BCUT2D eigenvalue weighted by molar-refractivity contribution is 5.89. The molecular weight excluding hydrogens is 270 g/mol. The summed E-state index contributed by atoms with van der Waals surface area (Å²) in [7, 11) is 0. The number of nitrogens with one attached hydrogen (secondary N) is 1. The summed E-state index contributed by atoms with van der Waals surface area (Å²) in [6.45, 7) is 2.67. The molecule has 1 saturated heterocycles. The summed E-state index contributed by atoms with van der Waals surface area (Å²) in [5, 5.41) is 12.3. The van der Waals surface area contributed by atoms with Crippen LogP contribution in [-0.4, -0.2) is 40.1 Å². The maximum absolute atomic E-state index is 12.3. The zero-order chi connectivity index (χ0) is 15.0. The first-order valence-electron chi connectivity index (χ1n) is 7.24. The van der Waals surface area contributed by atoms with E-state index in [-0.39, 0.29) is 11.9 Å². The fourth-order valence-electron chi connectivity index (χ4n) is 3.59. The predicted octanol–water partition coefficient (Wildman–Crippen LogP) is 2.11. The van der Waals surface area contributed by atoms with Gasteiger partial charge in [0.1, 0.15) is 5.82 Å². The lowest BCUT2D eigenvalue weighted by atomic mass is 9.81. The van der Waals surface area contributed by atoms with Crippen molar-refractivity contribution in [3.8, 4) is 0 Å². The fraction of sp³-hybridized carbons (Fsp3) is 0.533. The number of carbonyl (C=O) groups excluding carboxylic acids is 1. The van der Waals surface area contributed by atoms with E-state index in [1.165, 1.54) is 0 Å². The Kier molecular flexibility index (Phi) is 3.31. The largest absolute Gasteiger partial charge is 0.481 e. The Balaban J connectivity index is 1.71. The van der Waals surface area contributed by atoms with E-state index >= 15 is 0 Å². The number of carboxylic acid groups (broad SMARTS) is 1. The lowest BCUT2D eigenvalue weighted by Gasteiger charge is -2.23. The van der Waals surface area contributed by atoms with Gasteiger partial charge in [0.05, 0.1) is 5.41 Å². The van der Waals surface area contributed by atoms with E-state index in [0.717, 1.165) is 18.5 Å². The van der Waals surface area contributed by atoms with Gasteiger partial charge in [0.25, 0.3) is 0 Å². The molecule has 1 saturated carbocycles. The zero-order valence-corrected chi connectivity index (χ0v) is 12.0. The van der Waals surface area contributed by atoms with Crippen molar-refractivity contribution in [2.75, 3.05) is 18.4 Å². The van der Waals surface area contributed by atoms with Crippen molar-refractivity contribution in [3.63, 3.8) is 0 Å². The molecule has 6 nitrogen and oxygen atoms in total. The van der Waals surface area contributed by atoms with Gasteiger partial charge in [0.15, 0.2) is 0 Å². The summed E-state index contributed by atoms with van der Waals surface area (Å²) in [5.74, 6) is -0.193. The van der Waals surface area contributed by atoms with Gasteiger partial charge in [-0.3, -0.25) is 10.1 Å². The number of aromatic nitrogens is 1. The molecule has 2 fully saturated rings. The number of pyridine rings is 1. The van der Waals surface area contributed by atoms with Crippen LogP contribution in [0.2, 0.25) is 0 Å². The van der Waals surface area contributed by atoms with Crippen LogP contribution in [-0.2, 0) is 4.79 Å². The van der Waals surface area contributed by atoms with Gasteiger partial charge in [0, 0.05) is 18.8 Å². The third-order valence-corrected chi connectivity index (χ3v) is 4.71. The van der Waals surface area contributed by atoms with Gasteiger partial charge in [-0.2, -0.15) is 0 Å². The average Bonchev–Trinajstić information content (AvgIpc) is 2.95. The molecule has 2 N–H and O–H groups in total. The summed E-state index contributed by atoms with van der Waals surface area (Å²) >= 11 is 0. The highest BCUT2D eigenvalue weighted by Gasteiger charge is 2.55. The number of hydrogen-bond donors (Lipinski definition) is 2. The third kappa shape index (κ3) is 2.34.